The van der Waals surface area contributed by atoms with Crippen LogP contribution in [0, 0.1) is 5.82 Å². The summed E-state index contributed by atoms with van der Waals surface area (Å²) in [6.07, 6.45) is 0.898. The molecule has 0 amide bonds. The van der Waals surface area contributed by atoms with Crippen LogP contribution < -0.4 is 0 Å². The molecule has 0 unspecified atom stereocenters. The van der Waals surface area contributed by atoms with Gasteiger partial charge in [0.15, 0.2) is 5.78 Å². The molecule has 0 spiro atoms. The van der Waals surface area contributed by atoms with Crippen molar-refractivity contribution in [3.8, 4) is 0 Å². The van der Waals surface area contributed by atoms with E-state index in [1.165, 1.54) is 18.2 Å². The molecule has 0 saturated heterocycles. The van der Waals surface area contributed by atoms with E-state index in [-0.39, 0.29) is 16.4 Å². The monoisotopic (exact) mass is 262 g/mol. The largest absolute Gasteiger partial charge is 0.288 e. The highest BCUT2D eigenvalue weighted by Crippen LogP contribution is 2.22. The van der Waals surface area contributed by atoms with Gasteiger partial charge in [-0.1, -0.05) is 48.9 Å². The lowest BCUT2D eigenvalue weighted by Crippen LogP contribution is -2.05. The molecule has 0 bridgehead atoms. The first kappa shape index (κ1) is 12.8. The number of benzene rings is 2. The molecule has 0 radical (unpaired) electrons. The SMILES string of the molecule is CCc1ccc(C(=O)c2c(F)cccc2Cl)cc1. The third-order valence-corrected chi connectivity index (χ3v) is 3.13. The fourth-order valence-corrected chi connectivity index (χ4v) is 2.00. The Labute approximate surface area is 110 Å². The van der Waals surface area contributed by atoms with Gasteiger partial charge in [-0.25, -0.2) is 4.39 Å². The molecular weight excluding hydrogens is 251 g/mol. The predicted octanol–water partition coefficient (Wildman–Crippen LogP) is 4.27. The predicted molar refractivity (Wildman–Crippen MR) is 70.7 cm³/mol. The Morgan fingerprint density at radius 3 is 2.39 bits per heavy atom. The van der Waals surface area contributed by atoms with Crippen molar-refractivity contribution in [3.63, 3.8) is 0 Å². The average Bonchev–Trinajstić information content (AvgIpc) is 2.38. The van der Waals surface area contributed by atoms with Gasteiger partial charge in [0, 0.05) is 5.56 Å². The summed E-state index contributed by atoms with van der Waals surface area (Å²) in [5.41, 5.74) is 1.51. The van der Waals surface area contributed by atoms with Crippen LogP contribution in [0.4, 0.5) is 4.39 Å². The van der Waals surface area contributed by atoms with Gasteiger partial charge in [0.1, 0.15) is 5.82 Å². The number of aryl methyl sites for hydroxylation is 1. The number of rotatable bonds is 3. The third-order valence-electron chi connectivity index (χ3n) is 2.81. The van der Waals surface area contributed by atoms with Crippen LogP contribution in [-0.4, -0.2) is 5.78 Å². The summed E-state index contributed by atoms with van der Waals surface area (Å²) in [6.45, 7) is 2.03. The minimum absolute atomic E-state index is 0.0663. The molecule has 0 heterocycles. The molecule has 18 heavy (non-hydrogen) atoms. The zero-order chi connectivity index (χ0) is 13.1. The van der Waals surface area contributed by atoms with Gasteiger partial charge in [-0.15, -0.1) is 0 Å². The van der Waals surface area contributed by atoms with Gasteiger partial charge < -0.3 is 0 Å². The molecule has 0 aliphatic rings. The topological polar surface area (TPSA) is 17.1 Å². The number of hydrogen-bond acceptors (Lipinski definition) is 1. The zero-order valence-electron chi connectivity index (χ0n) is 9.91. The quantitative estimate of drug-likeness (QED) is 0.755. The van der Waals surface area contributed by atoms with Gasteiger partial charge in [0.05, 0.1) is 10.6 Å². The summed E-state index contributed by atoms with van der Waals surface area (Å²) >= 11 is 5.87. The Morgan fingerprint density at radius 1 is 1.17 bits per heavy atom. The lowest BCUT2D eigenvalue weighted by atomic mass is 10.0. The van der Waals surface area contributed by atoms with Crippen molar-refractivity contribution in [1.29, 1.82) is 0 Å². The second-order valence-corrected chi connectivity index (χ2v) is 4.38. The maximum absolute atomic E-state index is 13.6. The van der Waals surface area contributed by atoms with Crippen LogP contribution in [0.1, 0.15) is 28.4 Å². The van der Waals surface area contributed by atoms with Gasteiger partial charge in [0.25, 0.3) is 0 Å². The second kappa shape index (κ2) is 5.32. The normalized spacial score (nSPS) is 10.4. The van der Waals surface area contributed by atoms with Gasteiger partial charge in [-0.05, 0) is 24.1 Å². The highest BCUT2D eigenvalue weighted by Gasteiger charge is 2.17. The molecular formula is C15H12ClFO. The minimum atomic E-state index is -0.591. The standard InChI is InChI=1S/C15H12ClFO/c1-2-10-6-8-11(9-7-10)15(18)14-12(16)4-3-5-13(14)17/h3-9H,2H2,1H3. The number of ketones is 1. The van der Waals surface area contributed by atoms with E-state index in [1.54, 1.807) is 12.1 Å². The van der Waals surface area contributed by atoms with Crippen molar-refractivity contribution in [1.82, 2.24) is 0 Å². The van der Waals surface area contributed by atoms with Crippen LogP contribution in [0.2, 0.25) is 5.02 Å². The van der Waals surface area contributed by atoms with Gasteiger partial charge >= 0.3 is 0 Å². The lowest BCUT2D eigenvalue weighted by molar-refractivity contribution is 0.103. The molecule has 0 aromatic heterocycles. The zero-order valence-corrected chi connectivity index (χ0v) is 10.7. The Hall–Kier alpha value is -1.67. The van der Waals surface area contributed by atoms with Crippen LogP contribution in [0.25, 0.3) is 0 Å². The number of carbonyl (C=O) groups is 1. The number of carbonyl (C=O) groups excluding carboxylic acids is 1. The van der Waals surface area contributed by atoms with E-state index >= 15 is 0 Å². The smallest absolute Gasteiger partial charge is 0.197 e. The summed E-state index contributed by atoms with van der Waals surface area (Å²) in [4.78, 5) is 12.2. The van der Waals surface area contributed by atoms with Gasteiger partial charge in [-0.3, -0.25) is 4.79 Å². The van der Waals surface area contributed by atoms with E-state index in [0.717, 1.165) is 12.0 Å². The molecule has 2 aromatic rings. The van der Waals surface area contributed by atoms with E-state index in [2.05, 4.69) is 0 Å². The molecule has 1 nitrogen and oxygen atoms in total. The Kier molecular flexibility index (Phi) is 3.78. The van der Waals surface area contributed by atoms with Crippen molar-refractivity contribution < 1.29 is 9.18 Å². The molecule has 92 valence electrons. The summed E-state index contributed by atoms with van der Waals surface area (Å²) < 4.78 is 13.6. The molecule has 0 atom stereocenters. The summed E-state index contributed by atoms with van der Waals surface area (Å²) in [7, 11) is 0. The van der Waals surface area contributed by atoms with Crippen molar-refractivity contribution in [2.24, 2.45) is 0 Å². The first-order chi connectivity index (χ1) is 8.63. The maximum atomic E-state index is 13.6. The molecule has 0 aliphatic heterocycles. The summed E-state index contributed by atoms with van der Waals surface area (Å²) in [6, 6.07) is 11.4. The van der Waals surface area contributed by atoms with Crippen molar-refractivity contribution in [2.75, 3.05) is 0 Å². The van der Waals surface area contributed by atoms with Crippen molar-refractivity contribution >= 4 is 17.4 Å². The molecule has 2 rings (SSSR count). The van der Waals surface area contributed by atoms with Crippen LogP contribution in [0.15, 0.2) is 42.5 Å². The van der Waals surface area contributed by atoms with Crippen LogP contribution in [-0.2, 0) is 6.42 Å². The molecule has 3 heteroatoms. The Morgan fingerprint density at radius 2 is 1.83 bits per heavy atom. The Bertz CT molecular complexity index is 555. The van der Waals surface area contributed by atoms with Gasteiger partial charge in [-0.2, -0.15) is 0 Å². The number of halogens is 2. The molecule has 0 fully saturated rings. The first-order valence-electron chi connectivity index (χ1n) is 5.71. The number of hydrogen-bond donors (Lipinski definition) is 0. The summed E-state index contributed by atoms with van der Waals surface area (Å²) in [5.74, 6) is -0.979. The van der Waals surface area contributed by atoms with Crippen LogP contribution in [0.3, 0.4) is 0 Å². The average molecular weight is 263 g/mol. The maximum Gasteiger partial charge on any atom is 0.197 e. The fourth-order valence-electron chi connectivity index (χ4n) is 1.75. The Balaban J connectivity index is 2.41. The van der Waals surface area contributed by atoms with Crippen LogP contribution in [0.5, 0.6) is 0 Å². The van der Waals surface area contributed by atoms with Gasteiger partial charge in [0.2, 0.25) is 0 Å². The van der Waals surface area contributed by atoms with Crippen LogP contribution >= 0.6 is 11.6 Å². The van der Waals surface area contributed by atoms with E-state index < -0.39 is 5.82 Å². The van der Waals surface area contributed by atoms with Crippen molar-refractivity contribution in [2.45, 2.75) is 13.3 Å². The van der Waals surface area contributed by atoms with E-state index in [1.807, 2.05) is 19.1 Å². The van der Waals surface area contributed by atoms with E-state index in [4.69, 9.17) is 11.6 Å². The lowest BCUT2D eigenvalue weighted by Gasteiger charge is -2.05. The fraction of sp³-hybridized carbons (Fsp3) is 0.133. The molecule has 2 aromatic carbocycles. The summed E-state index contributed by atoms with van der Waals surface area (Å²) in [5, 5.41) is 0.138. The highest BCUT2D eigenvalue weighted by molar-refractivity contribution is 6.35. The van der Waals surface area contributed by atoms with Crippen molar-refractivity contribution in [3.05, 3.63) is 70.0 Å². The molecule has 0 saturated carbocycles. The molecule has 0 N–H and O–H groups in total. The highest BCUT2D eigenvalue weighted by atomic mass is 35.5. The first-order valence-corrected chi connectivity index (χ1v) is 6.09. The second-order valence-electron chi connectivity index (χ2n) is 3.98. The van der Waals surface area contributed by atoms with E-state index in [9.17, 15) is 9.18 Å². The molecule has 0 aliphatic carbocycles. The minimum Gasteiger partial charge on any atom is -0.288 e. The van der Waals surface area contributed by atoms with E-state index in [0.29, 0.717) is 5.56 Å². The third kappa shape index (κ3) is 2.44.